The summed E-state index contributed by atoms with van der Waals surface area (Å²) in [5, 5.41) is 18.3. The van der Waals surface area contributed by atoms with Crippen molar-refractivity contribution in [2.24, 2.45) is 0 Å². The van der Waals surface area contributed by atoms with E-state index in [4.69, 9.17) is 5.11 Å². The molecule has 0 saturated heterocycles. The van der Waals surface area contributed by atoms with E-state index in [0.717, 1.165) is 0 Å². The van der Waals surface area contributed by atoms with Gasteiger partial charge in [0.1, 0.15) is 0 Å². The average molecular weight is 218 g/mol. The first-order chi connectivity index (χ1) is 6.46. The quantitative estimate of drug-likeness (QED) is 0.579. The fraction of sp³-hybridized carbons (Fsp3) is 0.250. The summed E-state index contributed by atoms with van der Waals surface area (Å²) in [5.41, 5.74) is 0. The molecule has 0 amide bonds. The van der Waals surface area contributed by atoms with E-state index in [0.29, 0.717) is 0 Å². The fourth-order valence-corrected chi connectivity index (χ4v) is 1.30. The van der Waals surface area contributed by atoms with Crippen LogP contribution < -0.4 is 4.18 Å². The van der Waals surface area contributed by atoms with Gasteiger partial charge >= 0.3 is 10.1 Å². The molecule has 1 rings (SSSR count). The minimum Gasteiger partial charge on any atom is -0.504 e. The Labute approximate surface area is 81.7 Å². The highest BCUT2D eigenvalue weighted by Gasteiger charge is 2.14. The summed E-state index contributed by atoms with van der Waals surface area (Å²) in [7, 11) is -3.68. The zero-order valence-corrected chi connectivity index (χ0v) is 8.28. The Morgan fingerprint density at radius 2 is 2.00 bits per heavy atom. The van der Waals surface area contributed by atoms with E-state index in [1.807, 2.05) is 0 Å². The molecule has 0 spiro atoms. The zero-order valence-electron chi connectivity index (χ0n) is 7.47. The number of benzene rings is 1. The maximum atomic E-state index is 11.0. The molecule has 78 valence electrons. The highest BCUT2D eigenvalue weighted by molar-refractivity contribution is 7.87. The predicted molar refractivity (Wildman–Crippen MR) is 49.9 cm³/mol. The molecule has 0 bridgehead atoms. The molecular weight excluding hydrogens is 208 g/mol. The van der Waals surface area contributed by atoms with Gasteiger partial charge in [0.05, 0.1) is 5.75 Å². The summed E-state index contributed by atoms with van der Waals surface area (Å²) in [6.07, 6.45) is 0. The number of hydrogen-bond acceptors (Lipinski definition) is 5. The SMILES string of the molecule is CCS(=O)(=O)Oc1cccc(O)c1O. The van der Waals surface area contributed by atoms with Gasteiger partial charge in [-0.1, -0.05) is 6.07 Å². The Hall–Kier alpha value is -1.43. The second-order valence-electron chi connectivity index (χ2n) is 2.55. The molecule has 0 heterocycles. The molecule has 0 atom stereocenters. The van der Waals surface area contributed by atoms with E-state index in [2.05, 4.69) is 4.18 Å². The van der Waals surface area contributed by atoms with Crippen molar-refractivity contribution >= 4 is 10.1 Å². The number of hydrogen-bond donors (Lipinski definition) is 2. The Bertz CT molecular complexity index is 423. The van der Waals surface area contributed by atoms with Crippen LogP contribution in [0.4, 0.5) is 0 Å². The van der Waals surface area contributed by atoms with E-state index >= 15 is 0 Å². The van der Waals surface area contributed by atoms with Crippen molar-refractivity contribution in [3.63, 3.8) is 0 Å². The smallest absolute Gasteiger partial charge is 0.309 e. The van der Waals surface area contributed by atoms with Gasteiger partial charge in [-0.05, 0) is 19.1 Å². The van der Waals surface area contributed by atoms with Crippen LogP contribution in [-0.4, -0.2) is 24.4 Å². The van der Waals surface area contributed by atoms with Crippen molar-refractivity contribution in [3.8, 4) is 17.2 Å². The molecule has 0 aromatic heterocycles. The van der Waals surface area contributed by atoms with Gasteiger partial charge in [-0.15, -0.1) is 0 Å². The minimum atomic E-state index is -3.68. The number of phenols is 2. The summed E-state index contributed by atoms with van der Waals surface area (Å²) in [6.45, 7) is 1.41. The van der Waals surface area contributed by atoms with Crippen molar-refractivity contribution in [2.45, 2.75) is 6.92 Å². The van der Waals surface area contributed by atoms with Crippen LogP contribution in [0.1, 0.15) is 6.92 Å². The lowest BCUT2D eigenvalue weighted by atomic mass is 10.3. The Kier molecular flexibility index (Phi) is 2.85. The number of phenolic OH excluding ortho intramolecular Hbond substituents is 2. The lowest BCUT2D eigenvalue weighted by Gasteiger charge is -2.06. The molecule has 0 radical (unpaired) electrons. The van der Waals surface area contributed by atoms with E-state index < -0.39 is 21.6 Å². The molecule has 1 aromatic carbocycles. The van der Waals surface area contributed by atoms with E-state index in [1.54, 1.807) is 0 Å². The second-order valence-corrected chi connectivity index (χ2v) is 4.41. The molecule has 14 heavy (non-hydrogen) atoms. The second kappa shape index (κ2) is 3.75. The van der Waals surface area contributed by atoms with Crippen LogP contribution in [-0.2, 0) is 10.1 Å². The van der Waals surface area contributed by atoms with E-state index in [9.17, 15) is 13.5 Å². The van der Waals surface area contributed by atoms with Crippen molar-refractivity contribution in [2.75, 3.05) is 5.75 Å². The fourth-order valence-electron chi connectivity index (χ4n) is 0.774. The van der Waals surface area contributed by atoms with Crippen molar-refractivity contribution in [1.82, 2.24) is 0 Å². The number of rotatable bonds is 3. The van der Waals surface area contributed by atoms with Crippen LogP contribution in [0.25, 0.3) is 0 Å². The third-order valence-corrected chi connectivity index (χ3v) is 2.69. The van der Waals surface area contributed by atoms with Gasteiger partial charge in [0, 0.05) is 0 Å². The first-order valence-corrected chi connectivity index (χ1v) is 5.47. The van der Waals surface area contributed by atoms with Crippen molar-refractivity contribution in [1.29, 1.82) is 0 Å². The van der Waals surface area contributed by atoms with Gasteiger partial charge in [0.2, 0.25) is 5.75 Å². The van der Waals surface area contributed by atoms with Crippen LogP contribution >= 0.6 is 0 Å². The van der Waals surface area contributed by atoms with Crippen LogP contribution in [0.3, 0.4) is 0 Å². The molecule has 0 aliphatic heterocycles. The Morgan fingerprint density at radius 1 is 1.36 bits per heavy atom. The summed E-state index contributed by atoms with van der Waals surface area (Å²) < 4.78 is 26.6. The largest absolute Gasteiger partial charge is 0.504 e. The highest BCUT2D eigenvalue weighted by atomic mass is 32.2. The summed E-state index contributed by atoms with van der Waals surface area (Å²) >= 11 is 0. The molecule has 6 heteroatoms. The van der Waals surface area contributed by atoms with Crippen LogP contribution in [0, 0.1) is 0 Å². The van der Waals surface area contributed by atoms with Crippen molar-refractivity contribution in [3.05, 3.63) is 18.2 Å². The lowest BCUT2D eigenvalue weighted by Crippen LogP contribution is -2.11. The number of para-hydroxylation sites is 1. The molecule has 1 aromatic rings. The molecular formula is C8H10O5S. The van der Waals surface area contributed by atoms with Gasteiger partial charge in [0.25, 0.3) is 0 Å². The van der Waals surface area contributed by atoms with E-state index in [1.165, 1.54) is 25.1 Å². The van der Waals surface area contributed by atoms with E-state index in [-0.39, 0.29) is 11.5 Å². The third-order valence-electron chi connectivity index (χ3n) is 1.55. The first-order valence-electron chi connectivity index (χ1n) is 3.89. The average Bonchev–Trinajstić information content (AvgIpc) is 2.13. The highest BCUT2D eigenvalue weighted by Crippen LogP contribution is 2.35. The molecule has 5 nitrogen and oxygen atoms in total. The standard InChI is InChI=1S/C8H10O5S/c1-2-14(11,12)13-7-5-3-4-6(9)8(7)10/h3-5,9-10H,2H2,1H3. The molecule has 0 fully saturated rings. The Morgan fingerprint density at radius 3 is 2.57 bits per heavy atom. The maximum absolute atomic E-state index is 11.0. The van der Waals surface area contributed by atoms with Gasteiger partial charge in [0.15, 0.2) is 11.5 Å². The van der Waals surface area contributed by atoms with Crippen LogP contribution in [0.5, 0.6) is 17.2 Å². The normalized spacial score (nSPS) is 11.2. The summed E-state index contributed by atoms with van der Waals surface area (Å²) in [6, 6.07) is 3.85. The number of aromatic hydroxyl groups is 2. The lowest BCUT2D eigenvalue weighted by molar-refractivity contribution is 0.384. The van der Waals surface area contributed by atoms with Crippen molar-refractivity contribution < 1.29 is 22.8 Å². The van der Waals surface area contributed by atoms with Gasteiger partial charge in [-0.25, -0.2) is 0 Å². The molecule has 0 aliphatic carbocycles. The molecule has 2 N–H and O–H groups in total. The monoisotopic (exact) mass is 218 g/mol. The van der Waals surface area contributed by atoms with Crippen LogP contribution in [0.15, 0.2) is 18.2 Å². The summed E-state index contributed by atoms with van der Waals surface area (Å²) in [5.74, 6) is -1.48. The van der Waals surface area contributed by atoms with Crippen LogP contribution in [0.2, 0.25) is 0 Å². The topological polar surface area (TPSA) is 83.8 Å². The minimum absolute atomic E-state index is 0.206. The predicted octanol–water partition coefficient (Wildman–Crippen LogP) is 0.826. The maximum Gasteiger partial charge on any atom is 0.309 e. The van der Waals surface area contributed by atoms with Gasteiger partial charge < -0.3 is 14.4 Å². The Balaban J connectivity index is 3.05. The third kappa shape index (κ3) is 2.29. The first kappa shape index (κ1) is 10.6. The molecule has 0 aliphatic rings. The van der Waals surface area contributed by atoms with Gasteiger partial charge in [-0.2, -0.15) is 8.42 Å². The van der Waals surface area contributed by atoms with Gasteiger partial charge in [-0.3, -0.25) is 0 Å². The summed E-state index contributed by atoms with van der Waals surface area (Å²) in [4.78, 5) is 0. The zero-order chi connectivity index (χ0) is 10.8. The molecule has 0 unspecified atom stereocenters. The molecule has 0 saturated carbocycles.